The van der Waals surface area contributed by atoms with E-state index in [2.05, 4.69) is 0 Å². The molecule has 0 unspecified atom stereocenters. The molecule has 0 amide bonds. The van der Waals surface area contributed by atoms with E-state index in [0.29, 0.717) is 22.9 Å². The van der Waals surface area contributed by atoms with Gasteiger partial charge in [-0.1, -0.05) is 0 Å². The lowest BCUT2D eigenvalue weighted by molar-refractivity contribution is 0.409. The van der Waals surface area contributed by atoms with Gasteiger partial charge in [0, 0.05) is 30.1 Å². The molecule has 0 spiro atoms. The predicted molar refractivity (Wildman–Crippen MR) is 77.0 cm³/mol. The van der Waals surface area contributed by atoms with Gasteiger partial charge >= 0.3 is 0 Å². The summed E-state index contributed by atoms with van der Waals surface area (Å²) in [6, 6.07) is 11.2. The van der Waals surface area contributed by atoms with Crippen molar-refractivity contribution in [1.29, 1.82) is 0 Å². The zero-order valence-electron chi connectivity index (χ0n) is 11.2. The number of nitrogens with two attached hydrogens (primary N) is 1. The summed E-state index contributed by atoms with van der Waals surface area (Å²) >= 11 is 0. The molecule has 2 rings (SSSR count). The standard InChI is InChI=1S/C14H15NO4S/c1-18-12-7-10(15)8-13(9-12)19-11-3-5-14(6-4-11)20(2,16)17/h3-9H,15H2,1-2H3. The van der Waals surface area contributed by atoms with E-state index in [1.807, 2.05) is 0 Å². The van der Waals surface area contributed by atoms with Crippen LogP contribution in [0.15, 0.2) is 47.4 Å². The number of sulfone groups is 1. The van der Waals surface area contributed by atoms with Crippen molar-refractivity contribution >= 4 is 15.5 Å². The second-order valence-electron chi connectivity index (χ2n) is 4.29. The maximum atomic E-state index is 11.4. The molecule has 0 atom stereocenters. The van der Waals surface area contributed by atoms with E-state index < -0.39 is 9.84 Å². The molecule has 0 saturated heterocycles. The fourth-order valence-corrected chi connectivity index (χ4v) is 2.29. The van der Waals surface area contributed by atoms with Crippen molar-refractivity contribution in [2.45, 2.75) is 4.90 Å². The Morgan fingerprint density at radius 3 is 2.10 bits per heavy atom. The summed E-state index contributed by atoms with van der Waals surface area (Å²) in [5.41, 5.74) is 6.25. The molecule has 0 aromatic heterocycles. The lowest BCUT2D eigenvalue weighted by atomic mass is 10.3. The molecule has 0 bridgehead atoms. The van der Waals surface area contributed by atoms with Crippen LogP contribution >= 0.6 is 0 Å². The van der Waals surface area contributed by atoms with Gasteiger partial charge in [0.2, 0.25) is 0 Å². The van der Waals surface area contributed by atoms with Crippen LogP contribution in [0.25, 0.3) is 0 Å². The molecule has 0 aliphatic carbocycles. The molecule has 2 N–H and O–H groups in total. The van der Waals surface area contributed by atoms with Gasteiger partial charge in [-0.2, -0.15) is 0 Å². The van der Waals surface area contributed by atoms with Crippen LogP contribution in [0, 0.1) is 0 Å². The van der Waals surface area contributed by atoms with E-state index in [0.717, 1.165) is 6.26 Å². The third kappa shape index (κ3) is 3.42. The van der Waals surface area contributed by atoms with Crippen LogP contribution in [-0.2, 0) is 9.84 Å². The molecular formula is C14H15NO4S. The second kappa shape index (κ2) is 5.42. The van der Waals surface area contributed by atoms with E-state index in [9.17, 15) is 8.42 Å². The lowest BCUT2D eigenvalue weighted by Crippen LogP contribution is -1.96. The lowest BCUT2D eigenvalue weighted by Gasteiger charge is -2.09. The minimum atomic E-state index is -3.21. The largest absolute Gasteiger partial charge is 0.497 e. The number of benzene rings is 2. The molecule has 106 valence electrons. The van der Waals surface area contributed by atoms with Gasteiger partial charge < -0.3 is 15.2 Å². The quantitative estimate of drug-likeness (QED) is 0.876. The molecule has 2 aromatic carbocycles. The molecule has 20 heavy (non-hydrogen) atoms. The first-order valence-corrected chi connectivity index (χ1v) is 7.70. The summed E-state index contributed by atoms with van der Waals surface area (Å²) in [5, 5.41) is 0. The molecule has 0 fully saturated rings. The number of rotatable bonds is 4. The third-order valence-electron chi connectivity index (χ3n) is 2.63. The molecular weight excluding hydrogens is 278 g/mol. The minimum absolute atomic E-state index is 0.245. The maximum Gasteiger partial charge on any atom is 0.175 e. The van der Waals surface area contributed by atoms with Gasteiger partial charge in [-0.15, -0.1) is 0 Å². The Kier molecular flexibility index (Phi) is 3.85. The fraction of sp³-hybridized carbons (Fsp3) is 0.143. The highest BCUT2D eigenvalue weighted by molar-refractivity contribution is 7.90. The molecule has 0 heterocycles. The Balaban J connectivity index is 2.24. The van der Waals surface area contributed by atoms with Crippen molar-refractivity contribution < 1.29 is 17.9 Å². The topological polar surface area (TPSA) is 78.6 Å². The van der Waals surface area contributed by atoms with Crippen molar-refractivity contribution in [3.63, 3.8) is 0 Å². The number of nitrogen functional groups attached to an aromatic ring is 1. The van der Waals surface area contributed by atoms with Crippen LogP contribution in [-0.4, -0.2) is 21.8 Å². The van der Waals surface area contributed by atoms with Crippen molar-refractivity contribution in [1.82, 2.24) is 0 Å². The minimum Gasteiger partial charge on any atom is -0.497 e. The second-order valence-corrected chi connectivity index (χ2v) is 6.30. The molecule has 0 aliphatic heterocycles. The average Bonchev–Trinajstić information content (AvgIpc) is 2.37. The monoisotopic (exact) mass is 293 g/mol. The Morgan fingerprint density at radius 1 is 0.950 bits per heavy atom. The number of methoxy groups -OCH3 is 1. The maximum absolute atomic E-state index is 11.4. The van der Waals surface area contributed by atoms with Crippen LogP contribution in [0.3, 0.4) is 0 Å². The summed E-state index contributed by atoms with van der Waals surface area (Å²) in [6.07, 6.45) is 1.16. The smallest absolute Gasteiger partial charge is 0.175 e. The molecule has 0 radical (unpaired) electrons. The van der Waals surface area contributed by atoms with Crippen LogP contribution in [0.5, 0.6) is 17.2 Å². The average molecular weight is 293 g/mol. The van der Waals surface area contributed by atoms with Crippen LogP contribution in [0.4, 0.5) is 5.69 Å². The molecule has 5 nitrogen and oxygen atoms in total. The van der Waals surface area contributed by atoms with E-state index in [4.69, 9.17) is 15.2 Å². The first kappa shape index (κ1) is 14.2. The van der Waals surface area contributed by atoms with Gasteiger partial charge in [0.1, 0.15) is 17.2 Å². The van der Waals surface area contributed by atoms with Gasteiger partial charge in [-0.3, -0.25) is 0 Å². The zero-order valence-corrected chi connectivity index (χ0v) is 12.0. The van der Waals surface area contributed by atoms with Gasteiger partial charge in [0.25, 0.3) is 0 Å². The third-order valence-corrected chi connectivity index (χ3v) is 3.75. The van der Waals surface area contributed by atoms with Crippen molar-refractivity contribution in [2.24, 2.45) is 0 Å². The van der Waals surface area contributed by atoms with Gasteiger partial charge in [-0.05, 0) is 24.3 Å². The fourth-order valence-electron chi connectivity index (χ4n) is 1.66. The van der Waals surface area contributed by atoms with Crippen LogP contribution in [0.2, 0.25) is 0 Å². The Hall–Kier alpha value is -2.21. The highest BCUT2D eigenvalue weighted by Crippen LogP contribution is 2.28. The molecule has 2 aromatic rings. The number of hydrogen-bond donors (Lipinski definition) is 1. The highest BCUT2D eigenvalue weighted by Gasteiger charge is 2.07. The number of hydrogen-bond acceptors (Lipinski definition) is 5. The summed E-state index contributed by atoms with van der Waals surface area (Å²) in [7, 11) is -1.66. The zero-order chi connectivity index (χ0) is 14.8. The first-order valence-electron chi connectivity index (χ1n) is 5.81. The molecule has 0 aliphatic rings. The summed E-state index contributed by atoms with van der Waals surface area (Å²) in [6.45, 7) is 0. The van der Waals surface area contributed by atoms with E-state index >= 15 is 0 Å². The van der Waals surface area contributed by atoms with Crippen LogP contribution in [0.1, 0.15) is 0 Å². The van der Waals surface area contributed by atoms with E-state index in [-0.39, 0.29) is 4.90 Å². The number of ether oxygens (including phenoxy) is 2. The Labute approximate surface area is 117 Å². The summed E-state index contributed by atoms with van der Waals surface area (Å²) in [4.78, 5) is 0.245. The van der Waals surface area contributed by atoms with Crippen molar-refractivity contribution in [2.75, 3.05) is 19.1 Å². The van der Waals surface area contributed by atoms with Gasteiger partial charge in [-0.25, -0.2) is 8.42 Å². The Bertz CT molecular complexity index is 708. The van der Waals surface area contributed by atoms with Gasteiger partial charge in [0.05, 0.1) is 12.0 Å². The van der Waals surface area contributed by atoms with E-state index in [1.54, 1.807) is 37.4 Å². The van der Waals surface area contributed by atoms with E-state index in [1.165, 1.54) is 12.1 Å². The normalized spacial score (nSPS) is 11.1. The van der Waals surface area contributed by atoms with Crippen LogP contribution < -0.4 is 15.2 Å². The van der Waals surface area contributed by atoms with Crippen molar-refractivity contribution in [3.05, 3.63) is 42.5 Å². The predicted octanol–water partition coefficient (Wildman–Crippen LogP) is 2.47. The number of anilines is 1. The SMILES string of the molecule is COc1cc(N)cc(Oc2ccc(S(C)(=O)=O)cc2)c1. The molecule has 6 heteroatoms. The molecule has 0 saturated carbocycles. The Morgan fingerprint density at radius 2 is 1.55 bits per heavy atom. The highest BCUT2D eigenvalue weighted by atomic mass is 32.2. The first-order chi connectivity index (χ1) is 9.38. The van der Waals surface area contributed by atoms with Crippen molar-refractivity contribution in [3.8, 4) is 17.2 Å². The summed E-state index contributed by atoms with van der Waals surface area (Å²) in [5.74, 6) is 1.63. The van der Waals surface area contributed by atoms with Gasteiger partial charge in [0.15, 0.2) is 9.84 Å². The summed E-state index contributed by atoms with van der Waals surface area (Å²) < 4.78 is 33.4.